The Morgan fingerprint density at radius 3 is 2.47 bits per heavy atom. The van der Waals surface area contributed by atoms with Crippen molar-refractivity contribution < 1.29 is 14.7 Å². The smallest absolute Gasteiger partial charge is 0.265 e. The number of phenolic OH excluding ortho intramolecular Hbond substituents is 2. The van der Waals surface area contributed by atoms with Gasteiger partial charge in [0.05, 0.1) is 0 Å². The molecule has 0 bridgehead atoms. The lowest BCUT2D eigenvalue weighted by molar-refractivity contribution is 0.406. The predicted octanol–water partition coefficient (Wildman–Crippen LogP) is 2.35. The minimum Gasteiger partial charge on any atom is -0.507 e. The fourth-order valence-electron chi connectivity index (χ4n) is 1.55. The van der Waals surface area contributed by atoms with Crippen LogP contribution in [-0.4, -0.2) is 20.4 Å². The number of aromatic nitrogens is 2. The summed E-state index contributed by atoms with van der Waals surface area (Å²) in [6.45, 7) is 4.10. The van der Waals surface area contributed by atoms with E-state index in [9.17, 15) is 10.2 Å². The Kier molecular flexibility index (Phi) is 2.99. The molecule has 1 heterocycles. The largest absolute Gasteiger partial charge is 0.507 e. The van der Waals surface area contributed by atoms with E-state index in [1.54, 1.807) is 6.07 Å². The molecule has 0 aliphatic carbocycles. The molecule has 1 aromatic heterocycles. The second-order valence-electron chi connectivity index (χ2n) is 4.28. The highest BCUT2D eigenvalue weighted by Gasteiger charge is 2.17. The lowest BCUT2D eigenvalue weighted by atomic mass is 10.1. The molecule has 0 unspecified atom stereocenters. The molecule has 0 saturated carbocycles. The number of hydrogen-bond donors (Lipinski definition) is 2. The minimum absolute atomic E-state index is 0.0789. The Morgan fingerprint density at radius 1 is 1.24 bits per heavy atom. The standard InChI is InChI=1S/C12H14N2O3/c1-7(2)6-10-13-12(17-14-10)11-8(15)4-3-5-9(11)16/h3-5,7,15-16H,6H2,1-2H3. The van der Waals surface area contributed by atoms with E-state index in [-0.39, 0.29) is 23.0 Å². The van der Waals surface area contributed by atoms with E-state index in [2.05, 4.69) is 10.1 Å². The number of hydrogen-bond acceptors (Lipinski definition) is 5. The number of phenols is 2. The molecule has 2 rings (SSSR count). The van der Waals surface area contributed by atoms with Gasteiger partial charge in [0.25, 0.3) is 5.89 Å². The zero-order valence-corrected chi connectivity index (χ0v) is 9.71. The highest BCUT2D eigenvalue weighted by atomic mass is 16.5. The highest BCUT2D eigenvalue weighted by molar-refractivity contribution is 5.69. The minimum atomic E-state index is -0.0789. The first kappa shape index (κ1) is 11.4. The van der Waals surface area contributed by atoms with E-state index < -0.39 is 0 Å². The van der Waals surface area contributed by atoms with E-state index in [1.807, 2.05) is 13.8 Å². The van der Waals surface area contributed by atoms with Crippen LogP contribution in [0.5, 0.6) is 11.5 Å². The molecule has 5 nitrogen and oxygen atoms in total. The molecule has 0 spiro atoms. The van der Waals surface area contributed by atoms with Gasteiger partial charge in [-0.2, -0.15) is 4.98 Å². The molecule has 0 aliphatic rings. The van der Waals surface area contributed by atoms with Gasteiger partial charge in [-0.15, -0.1) is 0 Å². The summed E-state index contributed by atoms with van der Waals surface area (Å²) in [4.78, 5) is 4.14. The van der Waals surface area contributed by atoms with E-state index in [1.165, 1.54) is 12.1 Å². The Balaban J connectivity index is 2.37. The Morgan fingerprint density at radius 2 is 1.88 bits per heavy atom. The number of benzene rings is 1. The Hall–Kier alpha value is -2.04. The molecule has 5 heteroatoms. The van der Waals surface area contributed by atoms with Gasteiger partial charge in [0.15, 0.2) is 5.82 Å². The van der Waals surface area contributed by atoms with Crippen molar-refractivity contribution in [1.82, 2.24) is 10.1 Å². The lowest BCUT2D eigenvalue weighted by Gasteiger charge is -2.01. The Bertz CT molecular complexity index is 500. The van der Waals surface area contributed by atoms with Crippen LogP contribution in [0.1, 0.15) is 19.7 Å². The zero-order chi connectivity index (χ0) is 12.4. The summed E-state index contributed by atoms with van der Waals surface area (Å²) in [5, 5.41) is 23.1. The third kappa shape index (κ3) is 2.38. The summed E-state index contributed by atoms with van der Waals surface area (Å²) in [6, 6.07) is 4.46. The van der Waals surface area contributed by atoms with E-state index in [0.29, 0.717) is 18.2 Å². The van der Waals surface area contributed by atoms with Crippen molar-refractivity contribution in [2.45, 2.75) is 20.3 Å². The first-order valence-electron chi connectivity index (χ1n) is 5.42. The van der Waals surface area contributed by atoms with Gasteiger partial charge in [-0.05, 0) is 18.1 Å². The maximum Gasteiger partial charge on any atom is 0.265 e. The van der Waals surface area contributed by atoms with Crippen LogP contribution >= 0.6 is 0 Å². The van der Waals surface area contributed by atoms with E-state index in [0.717, 1.165) is 0 Å². The molecule has 0 fully saturated rings. The van der Waals surface area contributed by atoms with Gasteiger partial charge >= 0.3 is 0 Å². The molecule has 0 aliphatic heterocycles. The highest BCUT2D eigenvalue weighted by Crippen LogP contribution is 2.35. The van der Waals surface area contributed by atoms with Crippen molar-refractivity contribution in [2.75, 3.05) is 0 Å². The van der Waals surface area contributed by atoms with Gasteiger partial charge in [0.1, 0.15) is 17.1 Å². The molecule has 0 atom stereocenters. The van der Waals surface area contributed by atoms with Crippen LogP contribution in [0.2, 0.25) is 0 Å². The van der Waals surface area contributed by atoms with Gasteiger partial charge < -0.3 is 14.7 Å². The van der Waals surface area contributed by atoms with Crippen LogP contribution in [0.25, 0.3) is 11.5 Å². The van der Waals surface area contributed by atoms with Crippen LogP contribution < -0.4 is 0 Å². The molecule has 17 heavy (non-hydrogen) atoms. The monoisotopic (exact) mass is 234 g/mol. The average Bonchev–Trinajstić information content (AvgIpc) is 2.65. The topological polar surface area (TPSA) is 79.4 Å². The Labute approximate surface area is 98.7 Å². The van der Waals surface area contributed by atoms with Crippen molar-refractivity contribution in [3.8, 4) is 23.0 Å². The summed E-state index contributed by atoms with van der Waals surface area (Å²) in [5.41, 5.74) is 0.176. The lowest BCUT2D eigenvalue weighted by Crippen LogP contribution is -1.95. The molecule has 90 valence electrons. The first-order valence-corrected chi connectivity index (χ1v) is 5.42. The second kappa shape index (κ2) is 4.45. The maximum atomic E-state index is 9.65. The van der Waals surface area contributed by atoms with Crippen molar-refractivity contribution in [3.05, 3.63) is 24.0 Å². The number of nitrogens with zero attached hydrogens (tertiary/aromatic N) is 2. The van der Waals surface area contributed by atoms with Crippen LogP contribution in [0.4, 0.5) is 0 Å². The summed E-state index contributed by atoms with van der Waals surface area (Å²) in [7, 11) is 0. The first-order chi connectivity index (χ1) is 8.08. The summed E-state index contributed by atoms with van der Waals surface area (Å²) >= 11 is 0. The maximum absolute atomic E-state index is 9.65. The molecule has 1 aromatic carbocycles. The fraction of sp³-hybridized carbons (Fsp3) is 0.333. The third-order valence-electron chi connectivity index (χ3n) is 2.29. The van der Waals surface area contributed by atoms with E-state index in [4.69, 9.17) is 4.52 Å². The van der Waals surface area contributed by atoms with Gasteiger partial charge in [-0.3, -0.25) is 0 Å². The van der Waals surface area contributed by atoms with Gasteiger partial charge in [-0.25, -0.2) is 0 Å². The van der Waals surface area contributed by atoms with Crippen LogP contribution in [0, 0.1) is 5.92 Å². The molecular formula is C12H14N2O3. The quantitative estimate of drug-likeness (QED) is 0.852. The van der Waals surface area contributed by atoms with Crippen LogP contribution in [-0.2, 0) is 6.42 Å². The van der Waals surface area contributed by atoms with Crippen molar-refractivity contribution in [2.24, 2.45) is 5.92 Å². The van der Waals surface area contributed by atoms with Crippen molar-refractivity contribution in [3.63, 3.8) is 0 Å². The predicted molar refractivity (Wildman–Crippen MR) is 61.6 cm³/mol. The molecule has 0 saturated heterocycles. The number of aromatic hydroxyl groups is 2. The summed E-state index contributed by atoms with van der Waals surface area (Å²) in [5.74, 6) is 0.960. The summed E-state index contributed by atoms with van der Waals surface area (Å²) in [6.07, 6.45) is 0.692. The zero-order valence-electron chi connectivity index (χ0n) is 9.71. The third-order valence-corrected chi connectivity index (χ3v) is 2.29. The van der Waals surface area contributed by atoms with E-state index >= 15 is 0 Å². The molecule has 2 N–H and O–H groups in total. The van der Waals surface area contributed by atoms with Gasteiger partial charge in [0, 0.05) is 6.42 Å². The molecule has 2 aromatic rings. The molecule has 0 radical (unpaired) electrons. The van der Waals surface area contributed by atoms with Crippen molar-refractivity contribution in [1.29, 1.82) is 0 Å². The molecular weight excluding hydrogens is 220 g/mol. The fourth-order valence-corrected chi connectivity index (χ4v) is 1.55. The average molecular weight is 234 g/mol. The number of rotatable bonds is 3. The SMILES string of the molecule is CC(C)Cc1noc(-c2c(O)cccc2O)n1. The van der Waals surface area contributed by atoms with Gasteiger partial charge in [0.2, 0.25) is 0 Å². The second-order valence-corrected chi connectivity index (χ2v) is 4.28. The van der Waals surface area contributed by atoms with Crippen molar-refractivity contribution >= 4 is 0 Å². The van der Waals surface area contributed by atoms with Crippen LogP contribution in [0.15, 0.2) is 22.7 Å². The van der Waals surface area contributed by atoms with Gasteiger partial charge in [-0.1, -0.05) is 25.1 Å². The normalized spacial score (nSPS) is 11.0. The molecule has 0 amide bonds. The van der Waals surface area contributed by atoms with Crippen LogP contribution in [0.3, 0.4) is 0 Å². The summed E-state index contributed by atoms with van der Waals surface area (Å²) < 4.78 is 5.03.